The van der Waals surface area contributed by atoms with E-state index in [4.69, 9.17) is 34.4 Å². The Hall–Kier alpha value is -2.16. The van der Waals surface area contributed by atoms with Crippen molar-refractivity contribution in [3.8, 4) is 5.75 Å². The molecule has 146 valence electrons. The number of hydrogen-bond donors (Lipinski definition) is 4. The molecule has 0 spiro atoms. The van der Waals surface area contributed by atoms with Crippen molar-refractivity contribution in [2.45, 2.75) is 32.3 Å². The van der Waals surface area contributed by atoms with E-state index in [0.717, 1.165) is 12.3 Å². The molecular formula is C18H27NO7. The van der Waals surface area contributed by atoms with Gasteiger partial charge in [0.15, 0.2) is 0 Å². The highest BCUT2D eigenvalue weighted by Gasteiger charge is 2.10. The number of aryl methyl sites for hydroxylation is 2. The molecule has 1 unspecified atom stereocenters. The maximum absolute atomic E-state index is 9.10. The molecule has 0 radical (unpaired) electrons. The van der Waals surface area contributed by atoms with Crippen LogP contribution in [0.15, 0.2) is 18.2 Å². The first-order valence-electron chi connectivity index (χ1n) is 8.57. The van der Waals surface area contributed by atoms with Crippen molar-refractivity contribution in [2.24, 2.45) is 0 Å². The number of hydrogen-bond acceptors (Lipinski definition) is 6. The fourth-order valence-electron chi connectivity index (χ4n) is 2.41. The van der Waals surface area contributed by atoms with Crippen LogP contribution in [-0.2, 0) is 27.2 Å². The molecule has 0 aliphatic heterocycles. The van der Waals surface area contributed by atoms with Crippen LogP contribution in [0.4, 0.5) is 0 Å². The molecule has 0 aromatic heterocycles. The van der Waals surface area contributed by atoms with E-state index in [1.54, 1.807) is 6.92 Å². The van der Waals surface area contributed by atoms with E-state index >= 15 is 0 Å². The predicted octanol–water partition coefficient (Wildman–Crippen LogP) is 0.697. The number of ether oxygens (including phenoxy) is 2. The molecule has 2 rings (SSSR count). The van der Waals surface area contributed by atoms with Crippen molar-refractivity contribution >= 4 is 11.9 Å². The summed E-state index contributed by atoms with van der Waals surface area (Å²) in [6, 6.07) is 6.39. The van der Waals surface area contributed by atoms with E-state index in [2.05, 4.69) is 17.4 Å². The van der Waals surface area contributed by atoms with Gasteiger partial charge in [-0.25, -0.2) is 9.59 Å². The number of nitrogens with one attached hydrogen (secondary N) is 1. The van der Waals surface area contributed by atoms with Gasteiger partial charge in [0.05, 0.1) is 19.3 Å². The number of aliphatic carboxylic acids is 2. The van der Waals surface area contributed by atoms with Crippen LogP contribution in [-0.4, -0.2) is 66.3 Å². The number of carbonyl (C=O) groups is 2. The van der Waals surface area contributed by atoms with Crippen molar-refractivity contribution in [1.29, 1.82) is 0 Å². The molecule has 8 heteroatoms. The molecule has 1 aromatic carbocycles. The lowest BCUT2D eigenvalue weighted by Gasteiger charge is -2.10. The third-order valence-electron chi connectivity index (χ3n) is 3.61. The fourth-order valence-corrected chi connectivity index (χ4v) is 2.41. The number of carboxylic acid groups (broad SMARTS) is 2. The van der Waals surface area contributed by atoms with E-state index < -0.39 is 11.9 Å². The molecule has 1 aromatic rings. The van der Waals surface area contributed by atoms with Crippen LogP contribution < -0.4 is 10.1 Å². The van der Waals surface area contributed by atoms with Crippen LogP contribution in [0.2, 0.25) is 0 Å². The topological polar surface area (TPSA) is 125 Å². The smallest absolute Gasteiger partial charge is 0.414 e. The van der Waals surface area contributed by atoms with Gasteiger partial charge in [0.1, 0.15) is 12.4 Å². The summed E-state index contributed by atoms with van der Waals surface area (Å²) in [7, 11) is 0. The Morgan fingerprint density at radius 2 is 1.81 bits per heavy atom. The highest BCUT2D eigenvalue weighted by atomic mass is 16.5. The maximum Gasteiger partial charge on any atom is 0.414 e. The molecule has 0 bridgehead atoms. The molecule has 1 aliphatic carbocycles. The molecule has 0 saturated heterocycles. The Morgan fingerprint density at radius 3 is 2.46 bits per heavy atom. The molecule has 1 aliphatic rings. The van der Waals surface area contributed by atoms with Crippen molar-refractivity contribution in [3.05, 3.63) is 29.3 Å². The highest BCUT2D eigenvalue weighted by Crippen LogP contribution is 2.25. The van der Waals surface area contributed by atoms with Crippen LogP contribution in [0.3, 0.4) is 0 Å². The molecule has 8 nitrogen and oxygen atoms in total. The first kappa shape index (κ1) is 21.9. The second-order valence-corrected chi connectivity index (χ2v) is 5.91. The van der Waals surface area contributed by atoms with Gasteiger partial charge >= 0.3 is 11.9 Å². The second-order valence-electron chi connectivity index (χ2n) is 5.91. The Kier molecular flexibility index (Phi) is 10.3. The summed E-state index contributed by atoms with van der Waals surface area (Å²) in [5, 5.41) is 27.0. The summed E-state index contributed by atoms with van der Waals surface area (Å²) in [6.07, 6.45) is 3.34. The quantitative estimate of drug-likeness (QED) is 0.370. The van der Waals surface area contributed by atoms with Crippen LogP contribution >= 0.6 is 0 Å². The van der Waals surface area contributed by atoms with Gasteiger partial charge in [-0.05, 0) is 49.4 Å². The highest BCUT2D eigenvalue weighted by molar-refractivity contribution is 6.27. The maximum atomic E-state index is 9.10. The third kappa shape index (κ3) is 9.36. The van der Waals surface area contributed by atoms with E-state index in [1.807, 2.05) is 6.07 Å². The molecule has 0 fully saturated rings. The summed E-state index contributed by atoms with van der Waals surface area (Å²) in [4.78, 5) is 18.2. The predicted molar refractivity (Wildman–Crippen MR) is 94.6 cm³/mol. The monoisotopic (exact) mass is 369 g/mol. The van der Waals surface area contributed by atoms with Gasteiger partial charge in [-0.3, -0.25) is 0 Å². The van der Waals surface area contributed by atoms with E-state index in [9.17, 15) is 0 Å². The van der Waals surface area contributed by atoms with Crippen LogP contribution in [0, 0.1) is 0 Å². The number of aliphatic hydroxyl groups excluding tert-OH is 1. The van der Waals surface area contributed by atoms with Crippen LogP contribution in [0.1, 0.15) is 24.5 Å². The number of aliphatic hydroxyl groups is 1. The van der Waals surface area contributed by atoms with Gasteiger partial charge in [-0.1, -0.05) is 6.07 Å². The lowest BCUT2D eigenvalue weighted by Crippen LogP contribution is -2.28. The average Bonchev–Trinajstić information content (AvgIpc) is 3.05. The van der Waals surface area contributed by atoms with Gasteiger partial charge < -0.3 is 30.1 Å². The first-order valence-corrected chi connectivity index (χ1v) is 8.57. The number of carboxylic acids is 2. The van der Waals surface area contributed by atoms with E-state index in [0.29, 0.717) is 26.4 Å². The molecular weight excluding hydrogens is 342 g/mol. The van der Waals surface area contributed by atoms with Crippen molar-refractivity contribution in [2.75, 3.05) is 32.9 Å². The lowest BCUT2D eigenvalue weighted by molar-refractivity contribution is -0.159. The zero-order chi connectivity index (χ0) is 19.4. The summed E-state index contributed by atoms with van der Waals surface area (Å²) >= 11 is 0. The summed E-state index contributed by atoms with van der Waals surface area (Å²) in [5.74, 6) is -2.70. The standard InChI is InChI=1S/C16H25NO3.C2H2O4/c1-13(18)12-17-7-8-19-9-10-20-16-6-5-14-3-2-4-15(14)11-16;3-1(4)2(5)6/h5-6,11,13,17-18H,2-4,7-10,12H2,1H3;(H,3,4)(H,5,6). The minimum Gasteiger partial charge on any atom is -0.491 e. The molecule has 1 atom stereocenters. The van der Waals surface area contributed by atoms with Crippen molar-refractivity contribution < 1.29 is 34.4 Å². The first-order chi connectivity index (χ1) is 12.4. The number of benzene rings is 1. The number of fused-ring (bicyclic) bond motifs is 1. The normalized spacial score (nSPS) is 13.3. The molecule has 0 heterocycles. The second kappa shape index (κ2) is 12.2. The third-order valence-corrected chi connectivity index (χ3v) is 3.61. The minimum atomic E-state index is -1.82. The Bertz CT molecular complexity index is 563. The van der Waals surface area contributed by atoms with E-state index in [1.165, 1.54) is 30.4 Å². The zero-order valence-corrected chi connectivity index (χ0v) is 14.9. The van der Waals surface area contributed by atoms with Crippen molar-refractivity contribution in [1.82, 2.24) is 5.32 Å². The Labute approximate surface area is 152 Å². The largest absolute Gasteiger partial charge is 0.491 e. The number of rotatable bonds is 9. The Balaban J connectivity index is 0.000000487. The molecule has 0 saturated carbocycles. The summed E-state index contributed by atoms with van der Waals surface area (Å²) < 4.78 is 11.2. The summed E-state index contributed by atoms with van der Waals surface area (Å²) in [5.41, 5.74) is 2.91. The van der Waals surface area contributed by atoms with Crippen molar-refractivity contribution in [3.63, 3.8) is 0 Å². The minimum absolute atomic E-state index is 0.307. The van der Waals surface area contributed by atoms with Gasteiger partial charge in [-0.15, -0.1) is 0 Å². The van der Waals surface area contributed by atoms with Gasteiger partial charge in [0.25, 0.3) is 0 Å². The SMILES string of the molecule is CC(O)CNCCOCCOc1ccc2c(c1)CCC2.O=C(O)C(=O)O. The van der Waals surface area contributed by atoms with Crippen LogP contribution in [0.25, 0.3) is 0 Å². The van der Waals surface area contributed by atoms with Gasteiger partial charge in [-0.2, -0.15) is 0 Å². The van der Waals surface area contributed by atoms with Crippen LogP contribution in [0.5, 0.6) is 5.75 Å². The van der Waals surface area contributed by atoms with Gasteiger partial charge in [0.2, 0.25) is 0 Å². The average molecular weight is 369 g/mol. The Morgan fingerprint density at radius 1 is 1.12 bits per heavy atom. The lowest BCUT2D eigenvalue weighted by atomic mass is 10.1. The molecule has 26 heavy (non-hydrogen) atoms. The van der Waals surface area contributed by atoms with Gasteiger partial charge in [0, 0.05) is 13.1 Å². The molecule has 4 N–H and O–H groups in total. The fraction of sp³-hybridized carbons (Fsp3) is 0.556. The zero-order valence-electron chi connectivity index (χ0n) is 14.9. The molecule has 0 amide bonds. The van der Waals surface area contributed by atoms with E-state index in [-0.39, 0.29) is 6.10 Å². The summed E-state index contributed by atoms with van der Waals surface area (Å²) in [6.45, 7) is 4.93.